The van der Waals surface area contributed by atoms with Crippen molar-refractivity contribution in [1.29, 1.82) is 5.41 Å². The molecule has 0 bridgehead atoms. The molecule has 0 aromatic rings. The van der Waals surface area contributed by atoms with Crippen molar-refractivity contribution >= 4 is 16.0 Å². The Morgan fingerprint density at radius 3 is 2.44 bits per heavy atom. The summed E-state index contributed by atoms with van der Waals surface area (Å²) in [5.74, 6) is 0. The molecule has 1 fully saturated rings. The van der Waals surface area contributed by atoms with Crippen LogP contribution in [0.2, 0.25) is 0 Å². The van der Waals surface area contributed by atoms with Gasteiger partial charge in [0.25, 0.3) is 10.0 Å². The molecule has 5 heteroatoms. The van der Waals surface area contributed by atoms with Crippen LogP contribution in [0.3, 0.4) is 0 Å². The van der Waals surface area contributed by atoms with Gasteiger partial charge in [-0.05, 0) is 12.8 Å². The molecule has 1 saturated carbocycles. The van der Waals surface area contributed by atoms with Crippen molar-refractivity contribution < 1.29 is 8.42 Å². The van der Waals surface area contributed by atoms with Crippen molar-refractivity contribution in [1.82, 2.24) is 0 Å². The topological polar surface area (TPSA) is 70.3 Å². The van der Waals surface area contributed by atoms with Crippen molar-refractivity contribution in [3.8, 4) is 0 Å². The predicted octanol–water partition coefficient (Wildman–Crippen LogP) is 0.231. The van der Waals surface area contributed by atoms with Gasteiger partial charge in [0.2, 0.25) is 0 Å². The minimum atomic E-state index is -3.31. The van der Waals surface area contributed by atoms with Gasteiger partial charge in [0.1, 0.15) is 6.01 Å². The molecule has 0 aromatic heterocycles. The van der Waals surface area contributed by atoms with Gasteiger partial charge in [-0.2, -0.15) is 0 Å². The van der Waals surface area contributed by atoms with Gasteiger partial charge in [-0.25, -0.2) is 13.8 Å². The highest BCUT2D eigenvalue weighted by molar-refractivity contribution is 7.91. The Hall–Kier alpha value is -0.670. The molecular formula is C4H6N2O2S. The molecule has 50 valence electrons. The average molecular weight is 146 g/mol. The molecule has 0 saturated heterocycles. The fraction of sp³-hybridized carbons (Fsp3) is 0.750. The zero-order chi connectivity index (χ0) is 6.91. The van der Waals surface area contributed by atoms with E-state index in [1.54, 1.807) is 0 Å². The van der Waals surface area contributed by atoms with Crippen LogP contribution >= 0.6 is 0 Å². The number of nitrogens with zero attached hydrogens (tertiary/aromatic N) is 1. The van der Waals surface area contributed by atoms with Gasteiger partial charge in [-0.15, -0.1) is 0 Å². The van der Waals surface area contributed by atoms with E-state index < -0.39 is 10.0 Å². The van der Waals surface area contributed by atoms with E-state index in [1.165, 1.54) is 6.01 Å². The molecule has 0 heterocycles. The van der Waals surface area contributed by atoms with Gasteiger partial charge in [0.15, 0.2) is 0 Å². The van der Waals surface area contributed by atoms with Gasteiger partial charge in [0, 0.05) is 0 Å². The first-order valence-electron chi connectivity index (χ1n) is 2.54. The summed E-state index contributed by atoms with van der Waals surface area (Å²) < 4.78 is 24.2. The number of nitrogens with one attached hydrogen (secondary N) is 1. The fourth-order valence-electron chi connectivity index (χ4n) is 0.504. The summed E-state index contributed by atoms with van der Waals surface area (Å²) in [5.41, 5.74) is 0. The lowest BCUT2D eigenvalue weighted by Crippen LogP contribution is -2.00. The number of rotatable bonds is 2. The standard InChI is InChI=1S/C4H6N2O2S/c5-3-6-9(7,8)4-1-2-4/h4-5H,1-2H2. The molecule has 0 atom stereocenters. The lowest BCUT2D eigenvalue weighted by molar-refractivity contribution is 0.597. The van der Waals surface area contributed by atoms with Gasteiger partial charge in [0.05, 0.1) is 5.25 Å². The van der Waals surface area contributed by atoms with Crippen LogP contribution in [0.25, 0.3) is 0 Å². The summed E-state index contributed by atoms with van der Waals surface area (Å²) in [7, 11) is -3.31. The van der Waals surface area contributed by atoms with E-state index >= 15 is 0 Å². The zero-order valence-electron chi connectivity index (χ0n) is 4.66. The Kier molecular flexibility index (Phi) is 1.38. The van der Waals surface area contributed by atoms with Crippen LogP contribution in [-0.4, -0.2) is 19.7 Å². The smallest absolute Gasteiger partial charge is 0.241 e. The van der Waals surface area contributed by atoms with E-state index in [4.69, 9.17) is 5.41 Å². The largest absolute Gasteiger partial charge is 0.265 e. The van der Waals surface area contributed by atoms with Crippen LogP contribution < -0.4 is 0 Å². The third-order valence-electron chi connectivity index (χ3n) is 1.12. The summed E-state index contributed by atoms with van der Waals surface area (Å²) in [4.78, 5) is 0. The zero-order valence-corrected chi connectivity index (χ0v) is 5.48. The molecule has 1 aliphatic rings. The molecule has 0 amide bonds. The Labute approximate surface area is 53.2 Å². The maximum atomic E-state index is 10.6. The van der Waals surface area contributed by atoms with Crippen LogP contribution in [0.1, 0.15) is 12.8 Å². The van der Waals surface area contributed by atoms with E-state index in [0.717, 1.165) is 0 Å². The normalized spacial score (nSPS) is 18.7. The van der Waals surface area contributed by atoms with Crippen molar-refractivity contribution in [2.75, 3.05) is 0 Å². The second kappa shape index (κ2) is 1.93. The minimum Gasteiger partial charge on any atom is -0.241 e. The van der Waals surface area contributed by atoms with Gasteiger partial charge in [-0.1, -0.05) is 4.40 Å². The van der Waals surface area contributed by atoms with E-state index in [2.05, 4.69) is 4.40 Å². The van der Waals surface area contributed by atoms with Crippen LogP contribution in [0.5, 0.6) is 0 Å². The highest BCUT2D eigenvalue weighted by atomic mass is 32.2. The Morgan fingerprint density at radius 1 is 1.56 bits per heavy atom. The van der Waals surface area contributed by atoms with Crippen molar-refractivity contribution in [3.63, 3.8) is 0 Å². The molecule has 0 radical (unpaired) electrons. The van der Waals surface area contributed by atoms with E-state index in [0.29, 0.717) is 12.8 Å². The van der Waals surface area contributed by atoms with Crippen LogP contribution in [-0.2, 0) is 10.0 Å². The third kappa shape index (κ3) is 1.37. The lowest BCUT2D eigenvalue weighted by atomic mass is 11.0. The molecular weight excluding hydrogens is 140 g/mol. The maximum absolute atomic E-state index is 10.6. The second-order valence-electron chi connectivity index (χ2n) is 1.92. The summed E-state index contributed by atoms with van der Waals surface area (Å²) in [5, 5.41) is 5.97. The van der Waals surface area contributed by atoms with Crippen molar-refractivity contribution in [3.05, 3.63) is 0 Å². The summed E-state index contributed by atoms with van der Waals surface area (Å²) in [6, 6.07) is 1.52. The molecule has 9 heavy (non-hydrogen) atoms. The average Bonchev–Trinajstić information content (AvgIpc) is 2.41. The molecule has 0 unspecified atom stereocenters. The second-order valence-corrected chi connectivity index (χ2v) is 3.80. The first-order chi connectivity index (χ1) is 4.17. The van der Waals surface area contributed by atoms with Gasteiger partial charge in [-0.3, -0.25) is 0 Å². The number of sulfonamides is 1. The summed E-state index contributed by atoms with van der Waals surface area (Å²) in [6.45, 7) is 0. The van der Waals surface area contributed by atoms with E-state index in [1.807, 2.05) is 0 Å². The molecule has 1 rings (SSSR count). The van der Waals surface area contributed by atoms with E-state index in [9.17, 15) is 8.42 Å². The molecule has 0 aliphatic heterocycles. The Balaban J connectivity index is 2.84. The highest BCUT2D eigenvalue weighted by Crippen LogP contribution is 2.28. The highest BCUT2D eigenvalue weighted by Gasteiger charge is 2.35. The lowest BCUT2D eigenvalue weighted by Gasteiger charge is -1.85. The molecule has 0 aromatic carbocycles. The summed E-state index contributed by atoms with van der Waals surface area (Å²) in [6.07, 6.45) is 1.38. The monoisotopic (exact) mass is 146 g/mol. The molecule has 0 spiro atoms. The number of hydrogen-bond acceptors (Lipinski definition) is 3. The molecule has 4 nitrogen and oxygen atoms in total. The van der Waals surface area contributed by atoms with Crippen molar-refractivity contribution in [2.24, 2.45) is 4.40 Å². The van der Waals surface area contributed by atoms with Crippen LogP contribution in [0.15, 0.2) is 4.40 Å². The Bertz CT molecular complexity index is 246. The van der Waals surface area contributed by atoms with E-state index in [-0.39, 0.29) is 5.25 Å². The minimum absolute atomic E-state index is 0.310. The maximum Gasteiger partial charge on any atom is 0.265 e. The Morgan fingerprint density at radius 2 is 2.11 bits per heavy atom. The summed E-state index contributed by atoms with van der Waals surface area (Å²) >= 11 is 0. The van der Waals surface area contributed by atoms with Crippen LogP contribution in [0, 0.1) is 5.41 Å². The van der Waals surface area contributed by atoms with Gasteiger partial charge >= 0.3 is 0 Å². The first-order valence-corrected chi connectivity index (χ1v) is 4.04. The fourth-order valence-corrected chi connectivity index (χ4v) is 1.51. The number of hydrogen-bond donors (Lipinski definition) is 1. The molecule has 1 N–H and O–H groups in total. The SMILES string of the molecule is N=C=NS(=O)(=O)C1CC1. The molecule has 1 aliphatic carbocycles. The third-order valence-corrected chi connectivity index (χ3v) is 2.78. The first kappa shape index (κ1) is 6.45. The van der Waals surface area contributed by atoms with Gasteiger partial charge < -0.3 is 0 Å². The predicted molar refractivity (Wildman–Crippen MR) is 32.1 cm³/mol. The quantitative estimate of drug-likeness (QED) is 0.566. The van der Waals surface area contributed by atoms with Crippen molar-refractivity contribution in [2.45, 2.75) is 18.1 Å². The van der Waals surface area contributed by atoms with Crippen LogP contribution in [0.4, 0.5) is 0 Å².